The third kappa shape index (κ3) is 13.6. The van der Waals surface area contributed by atoms with Crippen LogP contribution in [0.5, 0.6) is 11.5 Å². The number of rotatable bonds is 4. The van der Waals surface area contributed by atoms with Gasteiger partial charge in [0.1, 0.15) is 11.5 Å². The first-order valence-electron chi connectivity index (χ1n) is 32.6. The van der Waals surface area contributed by atoms with Gasteiger partial charge in [-0.3, -0.25) is 19.6 Å². The number of hydrogen-bond donors (Lipinski definition) is 4. The van der Waals surface area contributed by atoms with Gasteiger partial charge in [0.05, 0.1) is 47.3 Å². The van der Waals surface area contributed by atoms with E-state index in [1.807, 2.05) is 48.6 Å². The Morgan fingerprint density at radius 3 is 1.40 bits per heavy atom. The van der Waals surface area contributed by atoms with Crippen molar-refractivity contribution in [3.05, 3.63) is 201 Å². The first kappa shape index (κ1) is 63.9. The molecule has 2 aromatic heterocycles. The van der Waals surface area contributed by atoms with E-state index >= 15 is 0 Å². The zero-order chi connectivity index (χ0) is 63.8. The van der Waals surface area contributed by atoms with Gasteiger partial charge in [0, 0.05) is 94.8 Å². The van der Waals surface area contributed by atoms with Gasteiger partial charge in [0.15, 0.2) is 0 Å². The van der Waals surface area contributed by atoms with Crippen molar-refractivity contribution >= 4 is 66.4 Å². The fourth-order valence-corrected chi connectivity index (χ4v) is 18.9. The maximum Gasteiger partial charge on any atom is 0.264 e. The lowest BCUT2D eigenvalue weighted by Crippen LogP contribution is -2.49. The zero-order valence-corrected chi connectivity index (χ0v) is 54.7. The number of aromatic nitrogens is 2. The highest BCUT2D eigenvalue weighted by atomic mass is 35.5. The first-order chi connectivity index (χ1) is 44.4. The third-order valence-electron chi connectivity index (χ3n) is 21.0. The van der Waals surface area contributed by atoms with E-state index < -0.39 is 54.6 Å². The average Bonchev–Trinajstić information content (AvgIpc) is 1.49. The molecule has 14 rings (SSSR count). The molecule has 2 spiro atoms. The van der Waals surface area contributed by atoms with Crippen LogP contribution < -0.4 is 28.7 Å². The second-order valence-electron chi connectivity index (χ2n) is 26.8. The Kier molecular flexibility index (Phi) is 18.7. The Morgan fingerprint density at radius 1 is 0.554 bits per heavy atom. The van der Waals surface area contributed by atoms with E-state index in [9.17, 15) is 36.6 Å². The molecule has 8 aliphatic rings. The summed E-state index contributed by atoms with van der Waals surface area (Å²) in [6.45, 7) is 3.73. The Bertz CT molecular complexity index is 3760. The Labute approximate surface area is 549 Å². The molecule has 4 aromatic carbocycles. The van der Waals surface area contributed by atoms with Gasteiger partial charge in [-0.2, -0.15) is 0 Å². The molecular weight excluding hydrogens is 1240 g/mol. The third-order valence-corrected chi connectivity index (χ3v) is 25.0. The van der Waals surface area contributed by atoms with E-state index in [-0.39, 0.29) is 71.3 Å². The molecule has 2 saturated carbocycles. The van der Waals surface area contributed by atoms with E-state index in [4.69, 9.17) is 32.7 Å². The molecule has 4 bridgehead atoms. The Hall–Kier alpha value is -6.80. The van der Waals surface area contributed by atoms with E-state index in [1.165, 1.54) is 22.3 Å². The molecule has 0 unspecified atom stereocenters. The number of halogens is 2. The number of sulfonamides is 2. The SMILES string of the molecule is O=C1NS(=O)(=O)[C@@H](Cc2ccccn2)CC/C=C/[C@H](O)[C@@H]2CC[C@H]2CN2C[C@@]3(CCCc4cc(Cl)ccc43)COc3ccc1cc32.O=C1NS(=O)(=O)[C@H](Cc2ccccn2)CC/C=C/[C@H](O)[C@@H]2CC[C@H]2CN2C[C@@]3(CCCc4cc(Cl)ccc43)COc3ccc1cc32. The number of aryl methyl sites for hydroxylation is 2. The highest BCUT2D eigenvalue weighted by Crippen LogP contribution is 2.49. The van der Waals surface area contributed by atoms with Crippen LogP contribution in [0.1, 0.15) is 131 Å². The number of carbonyl (C=O) groups excluding carboxylic acids is 2. The number of aliphatic hydroxyl groups is 2. The average molecular weight is 1320 g/mol. The topological polar surface area (TPSA) is 218 Å². The highest BCUT2D eigenvalue weighted by Gasteiger charge is 2.47. The standard InChI is InChI=1S/2C36H40ClN3O5S/c2*37-27-12-14-31-24(18-27)6-5-16-36(31)22-40-21-26-10-13-30(26)33(41)9-2-1-8-29(20-28-7-3-4-17-38-28)46(43,44)39-35(42)25-11-15-34(45-23-36)32(40)19-25/h2*2-4,7,9,11-12,14-15,17-19,26,29-30,33,41H,1,5-6,8,10,13,16,20-23H2,(H,39,42)/b2*9-2+/t26-,29+,30+,33-,36-;26-,29-,30+,33-,36-/m00/s1. The number of nitrogens with one attached hydrogen (secondary N) is 2. The minimum atomic E-state index is -4.06. The van der Waals surface area contributed by atoms with Gasteiger partial charge in [-0.1, -0.05) is 71.8 Å². The van der Waals surface area contributed by atoms with Crippen molar-refractivity contribution in [2.45, 2.75) is 136 Å². The monoisotopic (exact) mass is 1320 g/mol. The molecule has 20 heteroatoms. The maximum atomic E-state index is 13.7. The number of benzene rings is 4. The molecule has 484 valence electrons. The highest BCUT2D eigenvalue weighted by molar-refractivity contribution is 7.91. The number of carbonyl (C=O) groups is 2. The first-order valence-corrected chi connectivity index (χ1v) is 36.5. The van der Waals surface area contributed by atoms with Gasteiger partial charge in [0.2, 0.25) is 20.0 Å². The van der Waals surface area contributed by atoms with Crippen LogP contribution in [-0.2, 0) is 56.6 Å². The van der Waals surface area contributed by atoms with E-state index in [0.29, 0.717) is 75.1 Å². The van der Waals surface area contributed by atoms with Crippen LogP contribution in [0.15, 0.2) is 146 Å². The van der Waals surface area contributed by atoms with Gasteiger partial charge in [0.25, 0.3) is 11.8 Å². The molecule has 6 heterocycles. The molecule has 0 radical (unpaired) electrons. The van der Waals surface area contributed by atoms with Gasteiger partial charge >= 0.3 is 0 Å². The summed E-state index contributed by atoms with van der Waals surface area (Å²) in [5, 5.41) is 22.2. The summed E-state index contributed by atoms with van der Waals surface area (Å²) in [6.07, 6.45) is 21.0. The second-order valence-corrected chi connectivity index (χ2v) is 31.6. The number of fused-ring (bicyclic) bond motifs is 8. The molecule has 4 N–H and O–H groups in total. The van der Waals surface area contributed by atoms with Crippen LogP contribution in [0.2, 0.25) is 10.0 Å². The lowest BCUT2D eigenvalue weighted by Gasteiger charge is -2.45. The van der Waals surface area contributed by atoms with Gasteiger partial charge in [-0.25, -0.2) is 26.3 Å². The van der Waals surface area contributed by atoms with Crippen LogP contribution in [-0.4, -0.2) is 111 Å². The lowest BCUT2D eigenvalue weighted by atomic mass is 9.68. The minimum absolute atomic E-state index is 0.102. The zero-order valence-electron chi connectivity index (χ0n) is 51.6. The summed E-state index contributed by atoms with van der Waals surface area (Å²) in [5.41, 5.74) is 7.78. The molecule has 92 heavy (non-hydrogen) atoms. The number of ether oxygens (including phenoxy) is 2. The van der Waals surface area contributed by atoms with Crippen molar-refractivity contribution in [3.63, 3.8) is 0 Å². The van der Waals surface area contributed by atoms with Crippen LogP contribution in [0.3, 0.4) is 0 Å². The second kappa shape index (κ2) is 26.9. The van der Waals surface area contributed by atoms with E-state index in [1.54, 1.807) is 73.1 Å². The normalized spacial score (nSPS) is 29.7. The molecule has 6 aromatic rings. The summed E-state index contributed by atoms with van der Waals surface area (Å²) in [6, 6.07) is 33.5. The largest absolute Gasteiger partial charge is 0.490 e. The van der Waals surface area contributed by atoms with Crippen molar-refractivity contribution < 1.29 is 46.1 Å². The molecule has 10 atom stereocenters. The smallest absolute Gasteiger partial charge is 0.264 e. The number of pyridine rings is 2. The molecular formula is C72H80Cl2N6O10S2. The summed E-state index contributed by atoms with van der Waals surface area (Å²) in [4.78, 5) is 40.6. The van der Waals surface area contributed by atoms with Gasteiger partial charge < -0.3 is 29.5 Å². The van der Waals surface area contributed by atoms with Crippen molar-refractivity contribution in [2.75, 3.05) is 49.2 Å². The molecule has 4 aliphatic heterocycles. The fourth-order valence-electron chi connectivity index (χ4n) is 15.7. The molecule has 0 saturated heterocycles. The van der Waals surface area contributed by atoms with Crippen molar-refractivity contribution in [3.8, 4) is 11.5 Å². The summed E-state index contributed by atoms with van der Waals surface area (Å²) in [7, 11) is -8.12. The Balaban J connectivity index is 0.000000168. The van der Waals surface area contributed by atoms with E-state index in [0.717, 1.165) is 85.6 Å². The summed E-state index contributed by atoms with van der Waals surface area (Å²) < 4.78 is 72.6. The number of anilines is 2. The lowest BCUT2D eigenvalue weighted by molar-refractivity contribution is 0.0454. The number of allylic oxidation sites excluding steroid dienone is 2. The minimum Gasteiger partial charge on any atom is -0.490 e. The van der Waals surface area contributed by atoms with Crippen molar-refractivity contribution in [1.29, 1.82) is 0 Å². The van der Waals surface area contributed by atoms with E-state index in [2.05, 4.69) is 53.5 Å². The van der Waals surface area contributed by atoms with Gasteiger partial charge in [-0.15, -0.1) is 0 Å². The van der Waals surface area contributed by atoms with Gasteiger partial charge in [-0.05, 0) is 221 Å². The van der Waals surface area contributed by atoms with Crippen molar-refractivity contribution in [2.24, 2.45) is 23.7 Å². The molecule has 16 nitrogen and oxygen atoms in total. The number of aliphatic hydroxyl groups excluding tert-OH is 2. The summed E-state index contributed by atoms with van der Waals surface area (Å²) >= 11 is 12.8. The molecule has 2 amide bonds. The fraction of sp³-hybridized carbons (Fsp3) is 0.444. The van der Waals surface area contributed by atoms with Crippen molar-refractivity contribution in [1.82, 2.24) is 19.4 Å². The summed E-state index contributed by atoms with van der Waals surface area (Å²) in [5.74, 6) is 0.743. The maximum absolute atomic E-state index is 13.7. The van der Waals surface area contributed by atoms with Crippen LogP contribution in [0.25, 0.3) is 0 Å². The predicted molar refractivity (Wildman–Crippen MR) is 358 cm³/mol. The molecule has 2 fully saturated rings. The number of amides is 2. The quantitative estimate of drug-likeness (QED) is 0.121. The van der Waals surface area contributed by atoms with Crippen LogP contribution in [0.4, 0.5) is 11.4 Å². The molecule has 4 aliphatic carbocycles. The predicted octanol–water partition coefficient (Wildman–Crippen LogP) is 11.2. The number of nitrogens with zero attached hydrogens (tertiary/aromatic N) is 4. The number of hydrogen-bond acceptors (Lipinski definition) is 14. The van der Waals surface area contributed by atoms with Crippen LogP contribution in [0, 0.1) is 23.7 Å². The Morgan fingerprint density at radius 2 is 1.00 bits per heavy atom. The van der Waals surface area contributed by atoms with Crippen LogP contribution >= 0.6 is 23.2 Å².